The van der Waals surface area contributed by atoms with Gasteiger partial charge in [-0.2, -0.15) is 0 Å². The lowest BCUT2D eigenvalue weighted by molar-refractivity contribution is -0.128. The van der Waals surface area contributed by atoms with E-state index in [0.29, 0.717) is 19.5 Å². The Morgan fingerprint density at radius 1 is 1.33 bits per heavy atom. The molecule has 1 aromatic rings. The van der Waals surface area contributed by atoms with Crippen molar-refractivity contribution in [3.63, 3.8) is 0 Å². The van der Waals surface area contributed by atoms with E-state index in [9.17, 15) is 9.59 Å². The molecular formula is C19H29N3O2. The number of rotatable bonds is 7. The average Bonchev–Trinajstić information content (AvgIpc) is 2.89. The molecular weight excluding hydrogens is 302 g/mol. The molecule has 0 bridgehead atoms. The van der Waals surface area contributed by atoms with E-state index in [1.54, 1.807) is 4.90 Å². The van der Waals surface area contributed by atoms with Crippen LogP contribution >= 0.6 is 0 Å². The molecule has 0 aliphatic carbocycles. The van der Waals surface area contributed by atoms with E-state index in [2.05, 4.69) is 4.90 Å². The Morgan fingerprint density at radius 3 is 2.71 bits per heavy atom. The minimum absolute atomic E-state index is 0.0616. The molecule has 2 rings (SSSR count). The van der Waals surface area contributed by atoms with Crippen LogP contribution in [0.2, 0.25) is 0 Å². The maximum Gasteiger partial charge on any atom is 0.232 e. The van der Waals surface area contributed by atoms with Crippen LogP contribution in [0.25, 0.3) is 0 Å². The molecule has 5 heteroatoms. The van der Waals surface area contributed by atoms with Crippen LogP contribution in [0.5, 0.6) is 0 Å². The van der Waals surface area contributed by atoms with Gasteiger partial charge < -0.3 is 14.7 Å². The summed E-state index contributed by atoms with van der Waals surface area (Å²) in [5, 5.41) is 0. The minimum Gasteiger partial charge on any atom is -0.342 e. The Balaban J connectivity index is 2.00. The molecule has 1 aromatic carbocycles. The molecule has 1 aliphatic heterocycles. The zero-order chi connectivity index (χ0) is 17.7. The molecule has 2 amide bonds. The van der Waals surface area contributed by atoms with Gasteiger partial charge in [0.1, 0.15) is 0 Å². The zero-order valence-corrected chi connectivity index (χ0v) is 15.3. The highest BCUT2D eigenvalue weighted by atomic mass is 16.2. The molecule has 1 saturated heterocycles. The molecule has 24 heavy (non-hydrogen) atoms. The van der Waals surface area contributed by atoms with E-state index >= 15 is 0 Å². The van der Waals surface area contributed by atoms with Crippen molar-refractivity contribution in [2.45, 2.75) is 26.7 Å². The molecule has 0 aromatic heterocycles. The van der Waals surface area contributed by atoms with Crippen molar-refractivity contribution < 1.29 is 9.59 Å². The van der Waals surface area contributed by atoms with Crippen LogP contribution in [-0.4, -0.2) is 61.9 Å². The minimum atomic E-state index is -0.225. The van der Waals surface area contributed by atoms with E-state index in [4.69, 9.17) is 0 Å². The second-order valence-corrected chi connectivity index (χ2v) is 6.82. The van der Waals surface area contributed by atoms with Crippen molar-refractivity contribution in [2.24, 2.45) is 5.92 Å². The highest BCUT2D eigenvalue weighted by Gasteiger charge is 2.36. The summed E-state index contributed by atoms with van der Waals surface area (Å²) in [4.78, 5) is 30.9. The topological polar surface area (TPSA) is 43.9 Å². The molecule has 1 atom stereocenters. The van der Waals surface area contributed by atoms with Crippen LogP contribution in [0, 0.1) is 12.8 Å². The summed E-state index contributed by atoms with van der Waals surface area (Å²) in [6, 6.07) is 7.97. The Bertz CT molecular complexity index is 586. The number of amides is 2. The first kappa shape index (κ1) is 18.5. The lowest BCUT2D eigenvalue weighted by Gasteiger charge is -2.25. The van der Waals surface area contributed by atoms with E-state index < -0.39 is 0 Å². The Labute approximate surface area is 145 Å². The van der Waals surface area contributed by atoms with Gasteiger partial charge in [-0.15, -0.1) is 0 Å². The number of anilines is 1. The van der Waals surface area contributed by atoms with E-state index in [0.717, 1.165) is 30.8 Å². The van der Waals surface area contributed by atoms with Gasteiger partial charge in [0, 0.05) is 31.7 Å². The molecule has 0 saturated carbocycles. The SMILES string of the molecule is CCN(C(=O)C1CC(=O)N(CCCN(C)C)C1)c1cccc(C)c1. The van der Waals surface area contributed by atoms with Gasteiger partial charge in [-0.3, -0.25) is 9.59 Å². The first-order valence-electron chi connectivity index (χ1n) is 8.73. The first-order valence-corrected chi connectivity index (χ1v) is 8.73. The summed E-state index contributed by atoms with van der Waals surface area (Å²) in [5.41, 5.74) is 2.05. The van der Waals surface area contributed by atoms with Gasteiger partial charge >= 0.3 is 0 Å². The summed E-state index contributed by atoms with van der Waals surface area (Å²) < 4.78 is 0. The van der Waals surface area contributed by atoms with E-state index in [1.165, 1.54) is 0 Å². The van der Waals surface area contributed by atoms with E-state index in [1.807, 2.05) is 57.1 Å². The summed E-state index contributed by atoms with van der Waals surface area (Å²) in [7, 11) is 4.05. The monoisotopic (exact) mass is 331 g/mol. The first-order chi connectivity index (χ1) is 11.4. The van der Waals surface area contributed by atoms with Crippen molar-refractivity contribution in [3.05, 3.63) is 29.8 Å². The van der Waals surface area contributed by atoms with Crippen LogP contribution in [0.15, 0.2) is 24.3 Å². The molecule has 1 aliphatic rings. The third-order valence-corrected chi connectivity index (χ3v) is 4.49. The third-order valence-electron chi connectivity index (χ3n) is 4.49. The molecule has 132 valence electrons. The average molecular weight is 331 g/mol. The maximum absolute atomic E-state index is 12.9. The van der Waals surface area contributed by atoms with Crippen LogP contribution in [0.3, 0.4) is 0 Å². The largest absolute Gasteiger partial charge is 0.342 e. The highest BCUT2D eigenvalue weighted by molar-refractivity contribution is 5.99. The fourth-order valence-corrected chi connectivity index (χ4v) is 3.21. The number of nitrogens with zero attached hydrogens (tertiary/aromatic N) is 3. The fourth-order valence-electron chi connectivity index (χ4n) is 3.21. The zero-order valence-electron chi connectivity index (χ0n) is 15.3. The molecule has 1 heterocycles. The predicted molar refractivity (Wildman–Crippen MR) is 97.1 cm³/mol. The molecule has 0 radical (unpaired) electrons. The van der Waals surface area contributed by atoms with Crippen molar-refractivity contribution in [2.75, 3.05) is 45.2 Å². The number of likely N-dealkylation sites (tertiary alicyclic amines) is 1. The fraction of sp³-hybridized carbons (Fsp3) is 0.579. The normalized spacial score (nSPS) is 17.6. The number of aryl methyl sites for hydroxylation is 1. The molecule has 0 N–H and O–H groups in total. The lowest BCUT2D eigenvalue weighted by Crippen LogP contribution is -2.37. The second-order valence-electron chi connectivity index (χ2n) is 6.82. The van der Waals surface area contributed by atoms with Crippen molar-refractivity contribution in [1.82, 2.24) is 9.80 Å². The van der Waals surface area contributed by atoms with Gasteiger partial charge in [0.05, 0.1) is 5.92 Å². The number of carbonyl (C=O) groups is 2. The third kappa shape index (κ3) is 4.57. The standard InChI is InChI=1S/C19H29N3O2/c1-5-22(17-9-6-8-15(2)12-17)19(24)16-13-18(23)21(14-16)11-7-10-20(3)4/h6,8-9,12,16H,5,7,10-11,13-14H2,1-4H3. The summed E-state index contributed by atoms with van der Waals surface area (Å²) >= 11 is 0. The maximum atomic E-state index is 12.9. The van der Waals surface area contributed by atoms with Crippen LogP contribution in [0.4, 0.5) is 5.69 Å². The Hall–Kier alpha value is -1.88. The van der Waals surface area contributed by atoms with E-state index in [-0.39, 0.29) is 17.7 Å². The Kier molecular flexibility index (Phi) is 6.37. The van der Waals surface area contributed by atoms with Gasteiger partial charge in [-0.05, 0) is 58.6 Å². The summed E-state index contributed by atoms with van der Waals surface area (Å²) in [6.07, 6.45) is 1.28. The van der Waals surface area contributed by atoms with Gasteiger partial charge in [0.25, 0.3) is 0 Å². The van der Waals surface area contributed by atoms with Gasteiger partial charge in [0.15, 0.2) is 0 Å². The molecule has 1 fully saturated rings. The van der Waals surface area contributed by atoms with Crippen molar-refractivity contribution in [1.29, 1.82) is 0 Å². The van der Waals surface area contributed by atoms with Gasteiger partial charge in [-0.1, -0.05) is 12.1 Å². The predicted octanol–water partition coefficient (Wildman–Crippen LogP) is 2.15. The molecule has 0 spiro atoms. The Morgan fingerprint density at radius 2 is 2.08 bits per heavy atom. The summed E-state index contributed by atoms with van der Waals surface area (Å²) in [5.74, 6) is -0.0590. The lowest BCUT2D eigenvalue weighted by atomic mass is 10.1. The summed E-state index contributed by atoms with van der Waals surface area (Å²) in [6.45, 7) is 6.85. The number of hydrogen-bond donors (Lipinski definition) is 0. The highest BCUT2D eigenvalue weighted by Crippen LogP contribution is 2.24. The smallest absolute Gasteiger partial charge is 0.232 e. The van der Waals surface area contributed by atoms with Crippen LogP contribution < -0.4 is 4.90 Å². The van der Waals surface area contributed by atoms with Crippen molar-refractivity contribution in [3.8, 4) is 0 Å². The van der Waals surface area contributed by atoms with Gasteiger partial charge in [-0.25, -0.2) is 0 Å². The van der Waals surface area contributed by atoms with Crippen molar-refractivity contribution >= 4 is 17.5 Å². The number of hydrogen-bond acceptors (Lipinski definition) is 3. The molecule has 5 nitrogen and oxygen atoms in total. The molecule has 1 unspecified atom stereocenters. The second kappa shape index (κ2) is 8.29. The number of benzene rings is 1. The van der Waals surface area contributed by atoms with Gasteiger partial charge in [0.2, 0.25) is 11.8 Å². The van der Waals surface area contributed by atoms with Crippen LogP contribution in [0.1, 0.15) is 25.3 Å². The quantitative estimate of drug-likeness (QED) is 0.769. The van der Waals surface area contributed by atoms with Crippen LogP contribution in [-0.2, 0) is 9.59 Å². The number of carbonyl (C=O) groups excluding carboxylic acids is 2.